The first-order chi connectivity index (χ1) is 11.0. The van der Waals surface area contributed by atoms with Crippen LogP contribution in [0.15, 0.2) is 24.3 Å². The van der Waals surface area contributed by atoms with Crippen LogP contribution < -0.4 is 5.32 Å². The molecule has 2 amide bonds. The zero-order valence-electron chi connectivity index (χ0n) is 13.7. The Morgan fingerprint density at radius 1 is 1.52 bits per heavy atom. The van der Waals surface area contributed by atoms with Crippen LogP contribution in [0.5, 0.6) is 0 Å². The van der Waals surface area contributed by atoms with Crippen LogP contribution in [0.25, 0.3) is 0 Å². The molecule has 2 rings (SSSR count). The number of hydrogen-bond donors (Lipinski definition) is 3. The molecule has 1 aromatic carbocycles. The minimum absolute atomic E-state index is 0.164. The monoisotopic (exact) mass is 322 g/mol. The molecule has 1 saturated heterocycles. The predicted molar refractivity (Wildman–Crippen MR) is 87.4 cm³/mol. The number of aliphatic hydroxyl groups excluding tert-OH is 2. The fraction of sp³-hybridized carbons (Fsp3) is 0.588. The quantitative estimate of drug-likeness (QED) is 0.751. The molecule has 3 N–H and O–H groups in total. The minimum Gasteiger partial charge on any atom is -0.394 e. The molecule has 6 heteroatoms. The van der Waals surface area contributed by atoms with Crippen LogP contribution >= 0.6 is 0 Å². The Labute approximate surface area is 137 Å². The normalized spacial score (nSPS) is 20.9. The van der Waals surface area contributed by atoms with Gasteiger partial charge in [-0.1, -0.05) is 36.8 Å². The van der Waals surface area contributed by atoms with Crippen LogP contribution in [0.3, 0.4) is 0 Å². The molecule has 0 spiro atoms. The number of carbonyl (C=O) groups excluding carboxylic acids is 1. The summed E-state index contributed by atoms with van der Waals surface area (Å²) in [6.45, 7) is 5.44. The molecule has 0 bridgehead atoms. The van der Waals surface area contributed by atoms with Crippen molar-refractivity contribution >= 4 is 6.03 Å². The molecule has 6 nitrogen and oxygen atoms in total. The van der Waals surface area contributed by atoms with E-state index >= 15 is 0 Å². The summed E-state index contributed by atoms with van der Waals surface area (Å²) in [4.78, 5) is 13.9. The molecule has 23 heavy (non-hydrogen) atoms. The Morgan fingerprint density at radius 2 is 2.30 bits per heavy atom. The van der Waals surface area contributed by atoms with Gasteiger partial charge in [-0.25, -0.2) is 4.79 Å². The maximum absolute atomic E-state index is 12.3. The fourth-order valence-corrected chi connectivity index (χ4v) is 2.66. The number of amides is 2. The fourth-order valence-electron chi connectivity index (χ4n) is 2.66. The highest BCUT2D eigenvalue weighted by atomic mass is 16.5. The van der Waals surface area contributed by atoms with Gasteiger partial charge in [-0.05, 0) is 18.4 Å². The Hall–Kier alpha value is -1.63. The Bertz CT molecular complexity index is 523. The van der Waals surface area contributed by atoms with Crippen molar-refractivity contribution in [1.82, 2.24) is 10.2 Å². The van der Waals surface area contributed by atoms with Crippen molar-refractivity contribution < 1.29 is 19.7 Å². The molecule has 3 atom stereocenters. The van der Waals surface area contributed by atoms with Gasteiger partial charge in [0.15, 0.2) is 0 Å². The second-order valence-corrected chi connectivity index (χ2v) is 6.11. The second-order valence-electron chi connectivity index (χ2n) is 6.11. The maximum atomic E-state index is 12.3. The summed E-state index contributed by atoms with van der Waals surface area (Å²) >= 11 is 0. The third-order valence-corrected chi connectivity index (χ3v) is 4.17. The standard InChI is InChI=1S/C17H26N2O4/c1-12-4-3-5-14(8-12)13(2)9-18-17(22)19-6-7-23-16(10-19)15(21)11-20/h3-5,8,13,15-16,20-21H,6-7,9-11H2,1-2H3,(H,18,22)/t13?,15-,16-/m0/s1. The van der Waals surface area contributed by atoms with E-state index in [-0.39, 0.29) is 25.1 Å². The van der Waals surface area contributed by atoms with E-state index in [2.05, 4.69) is 37.4 Å². The maximum Gasteiger partial charge on any atom is 0.317 e. The first kappa shape index (κ1) is 17.7. The zero-order valence-corrected chi connectivity index (χ0v) is 13.7. The van der Waals surface area contributed by atoms with Gasteiger partial charge in [0.1, 0.15) is 12.2 Å². The van der Waals surface area contributed by atoms with E-state index in [0.717, 1.165) is 0 Å². The molecule has 128 valence electrons. The van der Waals surface area contributed by atoms with Gasteiger partial charge in [-0.15, -0.1) is 0 Å². The summed E-state index contributed by atoms with van der Waals surface area (Å²) in [6.07, 6.45) is -1.49. The first-order valence-electron chi connectivity index (χ1n) is 8.01. The van der Waals surface area contributed by atoms with Gasteiger partial charge in [-0.3, -0.25) is 0 Å². The molecule has 1 aliphatic heterocycles. The van der Waals surface area contributed by atoms with Crippen LogP contribution in [0.1, 0.15) is 24.0 Å². The third kappa shape index (κ3) is 4.92. The van der Waals surface area contributed by atoms with Gasteiger partial charge in [0, 0.05) is 13.1 Å². The van der Waals surface area contributed by atoms with Crippen LogP contribution in [0, 0.1) is 6.92 Å². The smallest absolute Gasteiger partial charge is 0.317 e. The van der Waals surface area contributed by atoms with Gasteiger partial charge < -0.3 is 25.2 Å². The van der Waals surface area contributed by atoms with E-state index in [1.54, 1.807) is 4.90 Å². The number of hydrogen-bond acceptors (Lipinski definition) is 4. The van der Waals surface area contributed by atoms with E-state index < -0.39 is 12.2 Å². The van der Waals surface area contributed by atoms with Crippen LogP contribution in [0.4, 0.5) is 4.79 Å². The Balaban J connectivity index is 1.84. The van der Waals surface area contributed by atoms with Crippen molar-refractivity contribution in [3.05, 3.63) is 35.4 Å². The van der Waals surface area contributed by atoms with Crippen molar-refractivity contribution in [3.63, 3.8) is 0 Å². The molecular weight excluding hydrogens is 296 g/mol. The molecule has 1 aromatic rings. The summed E-state index contributed by atoms with van der Waals surface area (Å²) < 4.78 is 5.39. The van der Waals surface area contributed by atoms with Crippen molar-refractivity contribution in [2.45, 2.75) is 32.0 Å². The first-order valence-corrected chi connectivity index (χ1v) is 8.01. The number of morpholine rings is 1. The number of benzene rings is 1. The Kier molecular flexibility index (Phi) is 6.38. The van der Waals surface area contributed by atoms with E-state index in [9.17, 15) is 9.90 Å². The third-order valence-electron chi connectivity index (χ3n) is 4.17. The number of carbonyl (C=O) groups is 1. The topological polar surface area (TPSA) is 82.0 Å². The van der Waals surface area contributed by atoms with Gasteiger partial charge >= 0.3 is 6.03 Å². The summed E-state index contributed by atoms with van der Waals surface area (Å²) in [5.41, 5.74) is 2.40. The molecule has 0 aromatic heterocycles. The van der Waals surface area contributed by atoms with Crippen molar-refractivity contribution in [2.24, 2.45) is 0 Å². The van der Waals surface area contributed by atoms with E-state index in [0.29, 0.717) is 19.7 Å². The van der Waals surface area contributed by atoms with Crippen LogP contribution in [-0.2, 0) is 4.74 Å². The van der Waals surface area contributed by atoms with Crippen molar-refractivity contribution in [1.29, 1.82) is 0 Å². The van der Waals surface area contributed by atoms with Gasteiger partial charge in [0.25, 0.3) is 0 Å². The molecule has 1 heterocycles. The lowest BCUT2D eigenvalue weighted by Crippen LogP contribution is -2.53. The highest BCUT2D eigenvalue weighted by Gasteiger charge is 2.29. The number of ether oxygens (including phenoxy) is 1. The number of nitrogens with one attached hydrogen (secondary N) is 1. The Morgan fingerprint density at radius 3 is 3.00 bits per heavy atom. The van der Waals surface area contributed by atoms with Gasteiger partial charge in [0.2, 0.25) is 0 Å². The molecule has 1 aliphatic rings. The lowest BCUT2D eigenvalue weighted by atomic mass is 9.99. The average molecular weight is 322 g/mol. The van der Waals surface area contributed by atoms with E-state index in [4.69, 9.17) is 9.84 Å². The van der Waals surface area contributed by atoms with Crippen molar-refractivity contribution in [3.8, 4) is 0 Å². The van der Waals surface area contributed by atoms with Crippen molar-refractivity contribution in [2.75, 3.05) is 32.8 Å². The molecular formula is C17H26N2O4. The van der Waals surface area contributed by atoms with Gasteiger partial charge in [0.05, 0.1) is 19.8 Å². The number of aliphatic hydroxyl groups is 2. The van der Waals surface area contributed by atoms with Gasteiger partial charge in [-0.2, -0.15) is 0 Å². The SMILES string of the molecule is Cc1cccc(C(C)CNC(=O)N2CCO[C@H]([C@@H](O)CO)C2)c1. The summed E-state index contributed by atoms with van der Waals surface area (Å²) in [5.74, 6) is 0.221. The van der Waals surface area contributed by atoms with E-state index in [1.165, 1.54) is 11.1 Å². The molecule has 0 radical (unpaired) electrons. The lowest BCUT2D eigenvalue weighted by Gasteiger charge is -2.34. The van der Waals surface area contributed by atoms with E-state index in [1.807, 2.05) is 6.07 Å². The summed E-state index contributed by atoms with van der Waals surface area (Å²) in [6, 6.07) is 8.09. The largest absolute Gasteiger partial charge is 0.394 e. The molecule has 0 saturated carbocycles. The number of nitrogens with zero attached hydrogens (tertiary/aromatic N) is 1. The average Bonchev–Trinajstić information content (AvgIpc) is 2.58. The predicted octanol–water partition coefficient (Wildman–Crippen LogP) is 0.862. The highest BCUT2D eigenvalue weighted by Crippen LogP contribution is 2.16. The molecule has 1 fully saturated rings. The zero-order chi connectivity index (χ0) is 16.8. The van der Waals surface area contributed by atoms with Crippen LogP contribution in [-0.4, -0.2) is 66.2 Å². The van der Waals surface area contributed by atoms with Crippen LogP contribution in [0.2, 0.25) is 0 Å². The highest BCUT2D eigenvalue weighted by molar-refractivity contribution is 5.74. The lowest BCUT2D eigenvalue weighted by molar-refractivity contribution is -0.0920. The number of aryl methyl sites for hydroxylation is 1. The minimum atomic E-state index is -0.961. The number of rotatable bonds is 5. The molecule has 0 aliphatic carbocycles. The summed E-state index contributed by atoms with van der Waals surface area (Å²) in [5, 5.41) is 21.6. The second kappa shape index (κ2) is 8.29. The molecule has 1 unspecified atom stereocenters. The summed E-state index contributed by atoms with van der Waals surface area (Å²) in [7, 11) is 0. The number of urea groups is 1.